The number of ether oxygens (including phenoxy) is 2. The first-order chi connectivity index (χ1) is 10.2. The van der Waals surface area contributed by atoms with Crippen LogP contribution in [0.4, 0.5) is 4.39 Å². The highest BCUT2D eigenvalue weighted by Crippen LogP contribution is 2.19. The summed E-state index contributed by atoms with van der Waals surface area (Å²) in [5.41, 5.74) is 0.946. The molecule has 21 heavy (non-hydrogen) atoms. The van der Waals surface area contributed by atoms with Crippen LogP contribution in [0.25, 0.3) is 0 Å². The third-order valence-electron chi connectivity index (χ3n) is 2.73. The van der Waals surface area contributed by atoms with Gasteiger partial charge in [-0.2, -0.15) is 0 Å². The molecule has 0 aliphatic carbocycles. The van der Waals surface area contributed by atoms with Gasteiger partial charge in [0, 0.05) is 0 Å². The minimum absolute atomic E-state index is 0.217. The first kappa shape index (κ1) is 14.8. The highest BCUT2D eigenvalue weighted by atomic mass is 19.1. The lowest BCUT2D eigenvalue weighted by Crippen LogP contribution is -2.18. The summed E-state index contributed by atoms with van der Waals surface area (Å²) in [7, 11) is 0. The Bertz CT molecular complexity index is 620. The fourth-order valence-corrected chi connectivity index (χ4v) is 1.77. The van der Waals surface area contributed by atoms with Gasteiger partial charge in [-0.15, -0.1) is 6.58 Å². The second kappa shape index (κ2) is 7.24. The van der Waals surface area contributed by atoms with E-state index in [0.29, 0.717) is 12.2 Å². The zero-order valence-corrected chi connectivity index (χ0v) is 11.4. The van der Waals surface area contributed by atoms with Gasteiger partial charge in [0.25, 0.3) is 0 Å². The molecule has 0 spiro atoms. The van der Waals surface area contributed by atoms with Crippen molar-refractivity contribution >= 4 is 5.97 Å². The Morgan fingerprint density at radius 1 is 1.14 bits per heavy atom. The summed E-state index contributed by atoms with van der Waals surface area (Å²) in [5.74, 6) is -0.0303. The predicted octanol–water partition coefficient (Wildman–Crippen LogP) is 3.54. The maximum atomic E-state index is 12.7. The van der Waals surface area contributed by atoms with Gasteiger partial charge in [0.1, 0.15) is 17.3 Å². The molecular formula is C17H15FO3. The van der Waals surface area contributed by atoms with Crippen LogP contribution in [-0.4, -0.2) is 12.6 Å². The fraction of sp³-hybridized carbons (Fsp3) is 0.118. The number of para-hydroxylation sites is 1. The third kappa shape index (κ3) is 4.45. The molecule has 0 aliphatic rings. The van der Waals surface area contributed by atoms with Crippen LogP contribution < -0.4 is 9.47 Å². The zero-order valence-electron chi connectivity index (χ0n) is 11.4. The monoisotopic (exact) mass is 286 g/mol. The molecule has 0 amide bonds. The van der Waals surface area contributed by atoms with Crippen molar-refractivity contribution in [2.45, 2.75) is 6.42 Å². The SMILES string of the molecule is C=CCc1ccccc1OCC(=O)Oc1ccc(F)cc1. The van der Waals surface area contributed by atoms with Gasteiger partial charge in [-0.05, 0) is 42.3 Å². The Kier molecular flexibility index (Phi) is 5.10. The minimum Gasteiger partial charge on any atom is -0.482 e. The number of esters is 1. The molecule has 0 unspecified atom stereocenters. The lowest BCUT2D eigenvalue weighted by atomic mass is 10.1. The number of carbonyl (C=O) groups excluding carboxylic acids is 1. The summed E-state index contributed by atoms with van der Waals surface area (Å²) in [4.78, 5) is 11.7. The number of halogens is 1. The van der Waals surface area contributed by atoms with E-state index >= 15 is 0 Å². The molecule has 2 aromatic carbocycles. The molecule has 0 aliphatic heterocycles. The Balaban J connectivity index is 1.92. The summed E-state index contributed by atoms with van der Waals surface area (Å²) in [6.07, 6.45) is 2.42. The molecule has 0 fully saturated rings. The first-order valence-electron chi connectivity index (χ1n) is 6.47. The average Bonchev–Trinajstić information content (AvgIpc) is 2.49. The summed E-state index contributed by atoms with van der Waals surface area (Å²) < 4.78 is 23.2. The van der Waals surface area contributed by atoms with Gasteiger partial charge in [0.05, 0.1) is 0 Å². The van der Waals surface area contributed by atoms with Crippen molar-refractivity contribution in [3.63, 3.8) is 0 Å². The van der Waals surface area contributed by atoms with Gasteiger partial charge in [-0.1, -0.05) is 24.3 Å². The van der Waals surface area contributed by atoms with Crippen molar-refractivity contribution in [2.75, 3.05) is 6.61 Å². The zero-order chi connectivity index (χ0) is 15.1. The van der Waals surface area contributed by atoms with Crippen LogP contribution in [0.15, 0.2) is 61.2 Å². The lowest BCUT2D eigenvalue weighted by molar-refractivity contribution is -0.136. The summed E-state index contributed by atoms with van der Waals surface area (Å²) in [5, 5.41) is 0. The molecule has 0 saturated heterocycles. The van der Waals surface area contributed by atoms with E-state index in [1.807, 2.05) is 18.2 Å². The third-order valence-corrected chi connectivity index (χ3v) is 2.73. The molecule has 0 heterocycles. The number of rotatable bonds is 6. The normalized spacial score (nSPS) is 9.95. The second-order valence-corrected chi connectivity index (χ2v) is 4.32. The topological polar surface area (TPSA) is 35.5 Å². The van der Waals surface area contributed by atoms with Crippen LogP contribution >= 0.6 is 0 Å². The van der Waals surface area contributed by atoms with Crippen LogP contribution in [-0.2, 0) is 11.2 Å². The number of allylic oxidation sites excluding steroid dienone is 1. The largest absolute Gasteiger partial charge is 0.482 e. The average molecular weight is 286 g/mol. The quantitative estimate of drug-likeness (QED) is 0.463. The molecule has 0 N–H and O–H groups in total. The molecule has 2 rings (SSSR count). The van der Waals surface area contributed by atoms with E-state index in [0.717, 1.165) is 5.56 Å². The predicted molar refractivity (Wildman–Crippen MR) is 77.9 cm³/mol. The first-order valence-corrected chi connectivity index (χ1v) is 6.47. The van der Waals surface area contributed by atoms with E-state index in [9.17, 15) is 9.18 Å². The molecule has 0 bridgehead atoms. The molecule has 0 aromatic heterocycles. The van der Waals surface area contributed by atoms with E-state index in [1.165, 1.54) is 24.3 Å². The van der Waals surface area contributed by atoms with Gasteiger partial charge in [-0.3, -0.25) is 0 Å². The van der Waals surface area contributed by atoms with E-state index in [4.69, 9.17) is 9.47 Å². The molecule has 4 heteroatoms. The van der Waals surface area contributed by atoms with E-state index in [-0.39, 0.29) is 18.2 Å². The van der Waals surface area contributed by atoms with Crippen molar-refractivity contribution in [3.8, 4) is 11.5 Å². The lowest BCUT2D eigenvalue weighted by Gasteiger charge is -2.10. The Morgan fingerprint density at radius 3 is 2.57 bits per heavy atom. The fourth-order valence-electron chi connectivity index (χ4n) is 1.77. The summed E-state index contributed by atoms with van der Waals surface area (Å²) >= 11 is 0. The minimum atomic E-state index is -0.546. The number of benzene rings is 2. The summed E-state index contributed by atoms with van der Waals surface area (Å²) in [6.45, 7) is 3.46. The van der Waals surface area contributed by atoms with Crippen molar-refractivity contribution in [1.82, 2.24) is 0 Å². The van der Waals surface area contributed by atoms with Crippen LogP contribution in [0.1, 0.15) is 5.56 Å². The molecule has 2 aromatic rings. The number of hydrogen-bond acceptors (Lipinski definition) is 3. The maximum absolute atomic E-state index is 12.7. The van der Waals surface area contributed by atoms with Gasteiger partial charge in [-0.25, -0.2) is 9.18 Å². The molecule has 0 atom stereocenters. The standard InChI is InChI=1S/C17H15FO3/c1-2-5-13-6-3-4-7-16(13)20-12-17(19)21-15-10-8-14(18)9-11-15/h2-4,6-11H,1,5,12H2. The highest BCUT2D eigenvalue weighted by Gasteiger charge is 2.08. The maximum Gasteiger partial charge on any atom is 0.349 e. The van der Waals surface area contributed by atoms with Crippen LogP contribution in [0, 0.1) is 5.82 Å². The Hall–Kier alpha value is -2.62. The molecular weight excluding hydrogens is 271 g/mol. The van der Waals surface area contributed by atoms with Gasteiger partial charge < -0.3 is 9.47 Å². The van der Waals surface area contributed by atoms with E-state index in [2.05, 4.69) is 6.58 Å². The Labute approximate surface area is 122 Å². The number of hydrogen-bond donors (Lipinski definition) is 0. The molecule has 0 saturated carbocycles. The van der Waals surface area contributed by atoms with E-state index in [1.54, 1.807) is 12.1 Å². The van der Waals surface area contributed by atoms with Gasteiger partial charge >= 0.3 is 5.97 Å². The molecule has 108 valence electrons. The van der Waals surface area contributed by atoms with Crippen LogP contribution in [0.2, 0.25) is 0 Å². The smallest absolute Gasteiger partial charge is 0.349 e. The van der Waals surface area contributed by atoms with Gasteiger partial charge in [0.2, 0.25) is 0 Å². The van der Waals surface area contributed by atoms with Crippen molar-refractivity contribution < 1.29 is 18.7 Å². The number of carbonyl (C=O) groups is 1. The molecule has 0 radical (unpaired) electrons. The van der Waals surface area contributed by atoms with Crippen LogP contribution in [0.3, 0.4) is 0 Å². The van der Waals surface area contributed by atoms with Gasteiger partial charge in [0.15, 0.2) is 6.61 Å². The second-order valence-electron chi connectivity index (χ2n) is 4.32. The van der Waals surface area contributed by atoms with Crippen molar-refractivity contribution in [1.29, 1.82) is 0 Å². The summed E-state index contributed by atoms with van der Waals surface area (Å²) in [6, 6.07) is 12.6. The molecule has 3 nitrogen and oxygen atoms in total. The Morgan fingerprint density at radius 2 is 1.86 bits per heavy atom. The van der Waals surface area contributed by atoms with E-state index < -0.39 is 5.97 Å². The van der Waals surface area contributed by atoms with Crippen LogP contribution in [0.5, 0.6) is 11.5 Å². The van der Waals surface area contributed by atoms with Crippen molar-refractivity contribution in [3.05, 3.63) is 72.6 Å². The highest BCUT2D eigenvalue weighted by molar-refractivity contribution is 5.74. The van der Waals surface area contributed by atoms with Crippen molar-refractivity contribution in [2.24, 2.45) is 0 Å².